The van der Waals surface area contributed by atoms with Gasteiger partial charge in [-0.05, 0) is 147 Å². The lowest BCUT2D eigenvalue weighted by molar-refractivity contribution is 0.420. The number of rotatable bonds is 7. The SMILES string of the molecule is CC1(C)c2ccccc2-c2ccc(N(c3ccc(-c4ccc(C5CC6CCC5C6)cc4)cc3)c3ccc(C4CCCCC4)cc3)c(-c3cccc4ccccc34)c21. The molecule has 3 atom stereocenters. The van der Waals surface area contributed by atoms with Gasteiger partial charge in [0.15, 0.2) is 0 Å². The fourth-order valence-corrected chi connectivity index (χ4v) is 11.9. The van der Waals surface area contributed by atoms with Gasteiger partial charge in [0.05, 0.1) is 5.69 Å². The highest BCUT2D eigenvalue weighted by molar-refractivity contribution is 6.05. The van der Waals surface area contributed by atoms with Crippen LogP contribution in [0.3, 0.4) is 0 Å². The fourth-order valence-electron chi connectivity index (χ4n) is 11.9. The van der Waals surface area contributed by atoms with Crippen molar-refractivity contribution in [3.05, 3.63) is 174 Å². The molecule has 0 aromatic heterocycles. The largest absolute Gasteiger partial charge is 0.310 e. The highest BCUT2D eigenvalue weighted by atomic mass is 15.1. The summed E-state index contributed by atoms with van der Waals surface area (Å²) in [6.07, 6.45) is 12.4. The minimum atomic E-state index is -0.182. The van der Waals surface area contributed by atoms with E-state index in [0.29, 0.717) is 5.92 Å². The normalized spacial score (nSPS) is 20.8. The Morgan fingerprint density at radius 1 is 0.509 bits per heavy atom. The third-order valence-electron chi connectivity index (χ3n) is 14.8. The first-order chi connectivity index (χ1) is 28.0. The molecule has 7 aromatic carbocycles. The maximum Gasteiger partial charge on any atom is 0.0543 e. The van der Waals surface area contributed by atoms with Crippen LogP contribution in [0.5, 0.6) is 0 Å². The third-order valence-corrected chi connectivity index (χ3v) is 14.8. The summed E-state index contributed by atoms with van der Waals surface area (Å²) < 4.78 is 0. The molecule has 1 nitrogen and oxygen atoms in total. The first-order valence-corrected chi connectivity index (χ1v) is 21.9. The Morgan fingerprint density at radius 2 is 1.16 bits per heavy atom. The van der Waals surface area contributed by atoms with Gasteiger partial charge in [0, 0.05) is 22.4 Å². The van der Waals surface area contributed by atoms with Gasteiger partial charge in [-0.2, -0.15) is 0 Å². The van der Waals surface area contributed by atoms with Crippen LogP contribution < -0.4 is 4.90 Å². The molecule has 7 aromatic rings. The van der Waals surface area contributed by atoms with Crippen molar-refractivity contribution in [3.8, 4) is 33.4 Å². The molecule has 0 radical (unpaired) electrons. The van der Waals surface area contributed by atoms with Crippen LogP contribution in [0.15, 0.2) is 152 Å². The van der Waals surface area contributed by atoms with E-state index in [4.69, 9.17) is 0 Å². The minimum Gasteiger partial charge on any atom is -0.310 e. The Labute approximate surface area is 339 Å². The Morgan fingerprint density at radius 3 is 1.89 bits per heavy atom. The molecule has 282 valence electrons. The summed E-state index contributed by atoms with van der Waals surface area (Å²) in [4.78, 5) is 2.54. The molecule has 0 N–H and O–H groups in total. The number of hydrogen-bond acceptors (Lipinski definition) is 1. The summed E-state index contributed by atoms with van der Waals surface area (Å²) in [5, 5.41) is 2.56. The van der Waals surface area contributed by atoms with Crippen molar-refractivity contribution in [3.63, 3.8) is 0 Å². The molecule has 0 spiro atoms. The Bertz CT molecular complexity index is 2580. The summed E-state index contributed by atoms with van der Waals surface area (Å²) >= 11 is 0. The van der Waals surface area contributed by atoms with Crippen LogP contribution in [0.1, 0.15) is 106 Å². The van der Waals surface area contributed by atoms with Gasteiger partial charge >= 0.3 is 0 Å². The minimum absolute atomic E-state index is 0.182. The molecule has 0 saturated heterocycles. The van der Waals surface area contributed by atoms with E-state index in [-0.39, 0.29) is 5.41 Å². The topological polar surface area (TPSA) is 3.24 Å². The van der Waals surface area contributed by atoms with Crippen LogP contribution in [-0.4, -0.2) is 0 Å². The second-order valence-electron chi connectivity index (χ2n) is 18.3. The summed E-state index contributed by atoms with van der Waals surface area (Å²) in [5.74, 6) is 3.30. The first-order valence-electron chi connectivity index (χ1n) is 21.9. The predicted molar refractivity (Wildman–Crippen MR) is 241 cm³/mol. The van der Waals surface area contributed by atoms with Crippen LogP contribution in [0.25, 0.3) is 44.2 Å². The zero-order valence-electron chi connectivity index (χ0n) is 33.6. The van der Waals surface area contributed by atoms with Crippen molar-refractivity contribution in [1.29, 1.82) is 0 Å². The van der Waals surface area contributed by atoms with Gasteiger partial charge in [0.2, 0.25) is 0 Å². The Balaban J connectivity index is 1.07. The van der Waals surface area contributed by atoms with E-state index < -0.39 is 0 Å². The third kappa shape index (κ3) is 5.88. The van der Waals surface area contributed by atoms with Crippen molar-refractivity contribution < 1.29 is 0 Å². The highest BCUT2D eigenvalue weighted by Crippen LogP contribution is 2.57. The maximum atomic E-state index is 2.54. The number of hydrogen-bond donors (Lipinski definition) is 0. The predicted octanol–water partition coefficient (Wildman–Crippen LogP) is 15.9. The second-order valence-corrected chi connectivity index (χ2v) is 18.3. The van der Waals surface area contributed by atoms with E-state index >= 15 is 0 Å². The molecule has 4 aliphatic carbocycles. The van der Waals surface area contributed by atoms with Crippen molar-refractivity contribution in [2.24, 2.45) is 11.8 Å². The van der Waals surface area contributed by atoms with E-state index in [1.807, 2.05) is 0 Å². The highest BCUT2D eigenvalue weighted by Gasteiger charge is 2.41. The van der Waals surface area contributed by atoms with Gasteiger partial charge in [-0.1, -0.05) is 161 Å². The first kappa shape index (κ1) is 34.8. The molecular formula is C56H53N. The van der Waals surface area contributed by atoms with E-state index in [1.165, 1.54) is 136 Å². The van der Waals surface area contributed by atoms with E-state index in [9.17, 15) is 0 Å². The zero-order valence-corrected chi connectivity index (χ0v) is 33.6. The molecule has 3 saturated carbocycles. The quantitative estimate of drug-likeness (QED) is 0.157. The van der Waals surface area contributed by atoms with Gasteiger partial charge in [-0.15, -0.1) is 0 Å². The maximum absolute atomic E-state index is 2.54. The summed E-state index contributed by atoms with van der Waals surface area (Å²) in [5.41, 5.74) is 17.1. The molecular weight excluding hydrogens is 687 g/mol. The lowest BCUT2D eigenvalue weighted by Gasteiger charge is -2.33. The summed E-state index contributed by atoms with van der Waals surface area (Å²) in [7, 11) is 0. The average Bonchev–Trinajstić information content (AvgIpc) is 3.97. The number of nitrogens with zero attached hydrogens (tertiary/aromatic N) is 1. The monoisotopic (exact) mass is 739 g/mol. The molecule has 1 heteroatoms. The molecule has 11 rings (SSSR count). The van der Waals surface area contributed by atoms with Crippen molar-refractivity contribution in [2.75, 3.05) is 4.90 Å². The van der Waals surface area contributed by atoms with Crippen LogP contribution >= 0.6 is 0 Å². The summed E-state index contributed by atoms with van der Waals surface area (Å²) in [6.45, 7) is 4.85. The van der Waals surface area contributed by atoms with Gasteiger partial charge in [0.25, 0.3) is 0 Å². The number of fused-ring (bicyclic) bond motifs is 6. The molecule has 0 heterocycles. The van der Waals surface area contributed by atoms with Gasteiger partial charge < -0.3 is 4.90 Å². The van der Waals surface area contributed by atoms with Crippen molar-refractivity contribution in [2.45, 2.75) is 88.9 Å². The van der Waals surface area contributed by atoms with Gasteiger partial charge in [-0.3, -0.25) is 0 Å². The van der Waals surface area contributed by atoms with E-state index in [2.05, 4.69) is 170 Å². The van der Waals surface area contributed by atoms with E-state index in [0.717, 1.165) is 17.8 Å². The summed E-state index contributed by atoms with van der Waals surface area (Å²) in [6, 6.07) is 58.3. The molecule has 3 fully saturated rings. The zero-order chi connectivity index (χ0) is 38.1. The Kier molecular flexibility index (Phi) is 8.50. The Hall–Kier alpha value is -5.40. The van der Waals surface area contributed by atoms with Crippen molar-refractivity contribution in [1.82, 2.24) is 0 Å². The lowest BCUT2D eigenvalue weighted by atomic mass is 9.77. The standard InChI is InChI=1S/C56H53N/c1-56(2)52-18-9-8-16-48(52)50-33-34-53(54(55(50)56)49-17-10-14-42-13-6-7-15-47(42)49)57(45-29-25-40(26-30-45)38-11-4-3-5-12-38)46-31-27-41(28-32-46)39-21-23-43(24-22-39)51-36-37-19-20-44(51)35-37/h6-10,13-18,21-34,37-38,44,51H,3-5,11-12,19-20,35-36H2,1-2H3. The molecule has 57 heavy (non-hydrogen) atoms. The van der Waals surface area contributed by atoms with Gasteiger partial charge in [-0.25, -0.2) is 0 Å². The number of anilines is 3. The smallest absolute Gasteiger partial charge is 0.0543 e. The van der Waals surface area contributed by atoms with Crippen LogP contribution in [0.2, 0.25) is 0 Å². The van der Waals surface area contributed by atoms with Crippen molar-refractivity contribution >= 4 is 27.8 Å². The lowest BCUT2D eigenvalue weighted by Crippen LogP contribution is -2.19. The fraction of sp³-hybridized carbons (Fsp3) is 0.286. The van der Waals surface area contributed by atoms with Crippen LogP contribution in [-0.2, 0) is 5.41 Å². The molecule has 3 unspecified atom stereocenters. The molecule has 0 amide bonds. The average molecular weight is 740 g/mol. The van der Waals surface area contributed by atoms with Crippen LogP contribution in [0, 0.1) is 11.8 Å². The molecule has 0 aliphatic heterocycles. The number of benzene rings is 7. The molecule has 2 bridgehead atoms. The van der Waals surface area contributed by atoms with E-state index in [1.54, 1.807) is 5.56 Å². The second kappa shape index (κ2) is 13.9. The molecule has 4 aliphatic rings. The van der Waals surface area contributed by atoms with Gasteiger partial charge in [0.1, 0.15) is 0 Å². The van der Waals surface area contributed by atoms with Crippen LogP contribution in [0.4, 0.5) is 17.1 Å².